The van der Waals surface area contributed by atoms with Crippen LogP contribution in [-0.2, 0) is 10.8 Å². The number of hydrogen-bond acceptors (Lipinski definition) is 2. The van der Waals surface area contributed by atoms with Crippen molar-refractivity contribution in [2.45, 2.75) is 39.1 Å². The van der Waals surface area contributed by atoms with Crippen LogP contribution in [0.15, 0.2) is 79.1 Å². The Labute approximate surface area is 170 Å². The van der Waals surface area contributed by atoms with Gasteiger partial charge in [-0.05, 0) is 52.7 Å². The van der Waals surface area contributed by atoms with Gasteiger partial charge in [0.1, 0.15) is 0 Å². The van der Waals surface area contributed by atoms with E-state index in [9.17, 15) is 5.02 Å². The summed E-state index contributed by atoms with van der Waals surface area (Å²) in [6, 6.07) is 23.5. The Morgan fingerprint density at radius 2 is 1.46 bits per heavy atom. The Hall–Kier alpha value is -2.08. The number of nitrogens with zero attached hydrogens (tertiary/aromatic N) is 1. The first kappa shape index (κ1) is 20.7. The van der Waals surface area contributed by atoms with Gasteiger partial charge in [-0.2, -0.15) is 0 Å². The third kappa shape index (κ3) is 4.17. The van der Waals surface area contributed by atoms with E-state index in [1.807, 2.05) is 16.9 Å². The van der Waals surface area contributed by atoms with Crippen LogP contribution in [0.2, 0.25) is 11.9 Å². The van der Waals surface area contributed by atoms with Crippen LogP contribution in [0.1, 0.15) is 26.3 Å². The summed E-state index contributed by atoms with van der Waals surface area (Å²) in [6.07, 6.45) is 4.74. The molecule has 0 spiro atoms. The van der Waals surface area contributed by atoms with Crippen molar-refractivity contribution >= 4 is 25.7 Å². The molecule has 0 saturated carbocycles. The summed E-state index contributed by atoms with van der Waals surface area (Å²) in [7, 11) is -2.98. The molecular formula is C23H30BNO2Si. The maximum atomic E-state index is 9.73. The van der Waals surface area contributed by atoms with E-state index in [-0.39, 0.29) is 5.04 Å². The van der Waals surface area contributed by atoms with Crippen molar-refractivity contribution < 1.29 is 9.45 Å². The minimum atomic E-state index is -2.47. The lowest BCUT2D eigenvalue weighted by Crippen LogP contribution is -2.66. The van der Waals surface area contributed by atoms with Gasteiger partial charge in [-0.1, -0.05) is 81.4 Å². The molecule has 1 heterocycles. The third-order valence-electron chi connectivity index (χ3n) is 5.33. The van der Waals surface area contributed by atoms with Crippen molar-refractivity contribution in [1.82, 2.24) is 4.48 Å². The van der Waals surface area contributed by atoms with Gasteiger partial charge in [-0.3, -0.25) is 0 Å². The van der Waals surface area contributed by atoms with Crippen molar-refractivity contribution in [2.75, 3.05) is 6.61 Å². The zero-order chi connectivity index (χ0) is 20.2. The van der Waals surface area contributed by atoms with Gasteiger partial charge in [-0.15, -0.1) is 0 Å². The van der Waals surface area contributed by atoms with E-state index in [0.717, 1.165) is 6.42 Å². The molecule has 0 fully saturated rings. The predicted molar refractivity (Wildman–Crippen MR) is 121 cm³/mol. The molecule has 0 atom stereocenters. The lowest BCUT2D eigenvalue weighted by atomic mass is 9.89. The fraction of sp³-hybridized carbons (Fsp3) is 0.304. The van der Waals surface area contributed by atoms with Crippen LogP contribution in [0.4, 0.5) is 0 Å². The lowest BCUT2D eigenvalue weighted by Gasteiger charge is -2.43. The molecule has 2 aromatic carbocycles. The SMILES string of the molecule is CB(O)n1ccc(CCO[Si](c2ccccc2)(c2ccccc2)C(C)(C)C)c1. The Morgan fingerprint density at radius 1 is 0.929 bits per heavy atom. The minimum absolute atomic E-state index is 0.0126. The van der Waals surface area contributed by atoms with Crippen LogP contribution in [0.5, 0.6) is 0 Å². The van der Waals surface area contributed by atoms with Crippen LogP contribution in [0.25, 0.3) is 0 Å². The molecule has 146 valence electrons. The Bertz CT molecular complexity index is 833. The largest absolute Gasteiger partial charge is 0.432 e. The molecule has 0 saturated heterocycles. The minimum Gasteiger partial charge on any atom is -0.432 e. The topological polar surface area (TPSA) is 34.4 Å². The fourth-order valence-corrected chi connectivity index (χ4v) is 8.49. The standard InChI is InChI=1S/C23H30BNO2Si/c1-23(2,3)28(21-11-7-5-8-12-21,22-13-9-6-10-14-22)27-18-16-20-15-17-25(19-20)24(4)26/h5-15,17,19,26H,16,18H2,1-4H3. The highest BCUT2D eigenvalue weighted by Crippen LogP contribution is 2.36. The second-order valence-electron chi connectivity index (χ2n) is 8.36. The Balaban J connectivity index is 1.94. The van der Waals surface area contributed by atoms with Crippen molar-refractivity contribution in [3.63, 3.8) is 0 Å². The summed E-state index contributed by atoms with van der Waals surface area (Å²) in [5.41, 5.74) is 1.18. The molecule has 0 radical (unpaired) electrons. The van der Waals surface area contributed by atoms with Gasteiger partial charge >= 0.3 is 7.05 Å². The first-order valence-electron chi connectivity index (χ1n) is 9.94. The first-order valence-corrected chi connectivity index (χ1v) is 11.8. The maximum Gasteiger partial charge on any atom is 0.413 e. The molecule has 0 aliphatic rings. The molecule has 0 bridgehead atoms. The second-order valence-corrected chi connectivity index (χ2v) is 12.7. The number of aromatic nitrogens is 1. The molecule has 0 unspecified atom stereocenters. The molecule has 3 aromatic rings. The highest BCUT2D eigenvalue weighted by molar-refractivity contribution is 6.99. The van der Waals surface area contributed by atoms with Crippen molar-refractivity contribution in [3.05, 3.63) is 84.7 Å². The molecule has 1 aromatic heterocycles. The molecular weight excluding hydrogens is 361 g/mol. The maximum absolute atomic E-state index is 9.73. The molecule has 0 aliphatic carbocycles. The summed E-state index contributed by atoms with van der Waals surface area (Å²) in [5.74, 6) is 0. The number of rotatable bonds is 7. The summed E-state index contributed by atoms with van der Waals surface area (Å²) in [5, 5.41) is 12.3. The first-order chi connectivity index (χ1) is 13.3. The smallest absolute Gasteiger partial charge is 0.413 e. The highest BCUT2D eigenvalue weighted by Gasteiger charge is 2.49. The molecule has 5 heteroatoms. The number of hydrogen-bond donors (Lipinski definition) is 1. The second kappa shape index (κ2) is 8.52. The zero-order valence-corrected chi connectivity index (χ0v) is 18.3. The van der Waals surface area contributed by atoms with E-state index < -0.39 is 15.4 Å². The average Bonchev–Trinajstić information content (AvgIpc) is 3.15. The molecule has 3 nitrogen and oxygen atoms in total. The summed E-state index contributed by atoms with van der Waals surface area (Å²) < 4.78 is 8.72. The predicted octanol–water partition coefficient (Wildman–Crippen LogP) is 3.57. The van der Waals surface area contributed by atoms with E-state index in [2.05, 4.69) is 87.5 Å². The van der Waals surface area contributed by atoms with Gasteiger partial charge in [0.2, 0.25) is 0 Å². The van der Waals surface area contributed by atoms with Gasteiger partial charge in [0.25, 0.3) is 8.32 Å². The van der Waals surface area contributed by atoms with E-state index in [1.165, 1.54) is 15.9 Å². The van der Waals surface area contributed by atoms with Crippen LogP contribution in [0, 0.1) is 0 Å². The van der Waals surface area contributed by atoms with Gasteiger partial charge in [0.15, 0.2) is 0 Å². The van der Waals surface area contributed by atoms with Gasteiger partial charge in [-0.25, -0.2) is 0 Å². The number of benzene rings is 2. The molecule has 3 rings (SSSR count). The Kier molecular flexibility index (Phi) is 6.28. The van der Waals surface area contributed by atoms with Crippen molar-refractivity contribution in [1.29, 1.82) is 0 Å². The van der Waals surface area contributed by atoms with Crippen LogP contribution in [-0.4, -0.2) is 31.5 Å². The normalized spacial score (nSPS) is 12.2. The van der Waals surface area contributed by atoms with E-state index in [4.69, 9.17) is 4.43 Å². The quantitative estimate of drug-likeness (QED) is 0.625. The molecule has 0 amide bonds. The summed E-state index contributed by atoms with van der Waals surface area (Å²) >= 11 is 0. The van der Waals surface area contributed by atoms with E-state index >= 15 is 0 Å². The summed E-state index contributed by atoms with van der Waals surface area (Å²) in [6.45, 7) is 9.30. The van der Waals surface area contributed by atoms with Crippen LogP contribution in [0.3, 0.4) is 0 Å². The van der Waals surface area contributed by atoms with Gasteiger partial charge < -0.3 is 13.9 Å². The lowest BCUT2D eigenvalue weighted by molar-refractivity contribution is 0.302. The van der Waals surface area contributed by atoms with Gasteiger partial charge in [0.05, 0.1) is 0 Å². The third-order valence-corrected chi connectivity index (χ3v) is 10.4. The monoisotopic (exact) mass is 391 g/mol. The fourth-order valence-electron chi connectivity index (χ4n) is 3.92. The molecule has 1 N–H and O–H groups in total. The summed E-state index contributed by atoms with van der Waals surface area (Å²) in [4.78, 5) is 0. The van der Waals surface area contributed by atoms with Crippen LogP contribution < -0.4 is 10.4 Å². The zero-order valence-electron chi connectivity index (χ0n) is 17.3. The van der Waals surface area contributed by atoms with E-state index in [0.29, 0.717) is 6.61 Å². The Morgan fingerprint density at radius 3 is 1.89 bits per heavy atom. The van der Waals surface area contributed by atoms with Crippen LogP contribution >= 0.6 is 0 Å². The van der Waals surface area contributed by atoms with Crippen molar-refractivity contribution in [3.8, 4) is 0 Å². The highest BCUT2D eigenvalue weighted by atomic mass is 28.4. The molecule has 28 heavy (non-hydrogen) atoms. The van der Waals surface area contributed by atoms with Gasteiger partial charge in [0, 0.05) is 6.61 Å². The van der Waals surface area contributed by atoms with Crippen molar-refractivity contribution in [2.24, 2.45) is 0 Å². The molecule has 0 aliphatic heterocycles. The average molecular weight is 391 g/mol. The van der Waals surface area contributed by atoms with E-state index in [1.54, 1.807) is 6.82 Å².